The Morgan fingerprint density at radius 3 is 3.06 bits per heavy atom. The molecule has 1 heterocycles. The summed E-state index contributed by atoms with van der Waals surface area (Å²) in [5, 5.41) is 11.4. The fourth-order valence-corrected chi connectivity index (χ4v) is 1.73. The Hall–Kier alpha value is -2.04. The van der Waals surface area contributed by atoms with Gasteiger partial charge in [0.15, 0.2) is 0 Å². The lowest BCUT2D eigenvalue weighted by atomic mass is 10.1. The number of fused-ring (bicyclic) bond motifs is 1. The summed E-state index contributed by atoms with van der Waals surface area (Å²) in [5.41, 5.74) is 1.60. The minimum absolute atomic E-state index is 0.0915. The van der Waals surface area contributed by atoms with Crippen LogP contribution in [0.25, 0.3) is 0 Å². The van der Waals surface area contributed by atoms with Crippen molar-refractivity contribution in [2.75, 3.05) is 11.9 Å². The van der Waals surface area contributed by atoms with Gasteiger partial charge in [0, 0.05) is 0 Å². The maximum absolute atomic E-state index is 11.8. The molecule has 0 aromatic heterocycles. The van der Waals surface area contributed by atoms with Crippen molar-refractivity contribution < 1.29 is 19.4 Å². The zero-order chi connectivity index (χ0) is 12.4. The zero-order valence-corrected chi connectivity index (χ0v) is 9.40. The van der Waals surface area contributed by atoms with Gasteiger partial charge in [-0.25, -0.2) is 0 Å². The Kier molecular flexibility index (Phi) is 2.99. The topological polar surface area (TPSA) is 75.6 Å². The molecule has 5 nitrogen and oxygen atoms in total. The van der Waals surface area contributed by atoms with Crippen LogP contribution in [0.5, 0.6) is 5.75 Å². The van der Waals surface area contributed by atoms with Gasteiger partial charge in [-0.15, -0.1) is 0 Å². The van der Waals surface area contributed by atoms with Crippen LogP contribution in [0.15, 0.2) is 18.2 Å². The molecule has 90 valence electrons. The van der Waals surface area contributed by atoms with Crippen LogP contribution in [0.4, 0.5) is 5.69 Å². The van der Waals surface area contributed by atoms with E-state index in [0.29, 0.717) is 11.4 Å². The highest BCUT2D eigenvalue weighted by molar-refractivity contribution is 5.96. The first kappa shape index (κ1) is 11.4. The first-order valence-corrected chi connectivity index (χ1v) is 5.32. The fraction of sp³-hybridized carbons (Fsp3) is 0.333. The van der Waals surface area contributed by atoms with Crippen LogP contribution in [0.1, 0.15) is 12.0 Å². The molecule has 1 aromatic carbocycles. The van der Waals surface area contributed by atoms with E-state index in [-0.39, 0.29) is 18.9 Å². The van der Waals surface area contributed by atoms with Crippen molar-refractivity contribution in [1.82, 2.24) is 0 Å². The van der Waals surface area contributed by atoms with Crippen molar-refractivity contribution in [2.45, 2.75) is 13.3 Å². The first-order valence-electron chi connectivity index (χ1n) is 5.32. The molecule has 1 amide bonds. The summed E-state index contributed by atoms with van der Waals surface area (Å²) in [4.78, 5) is 22.4. The van der Waals surface area contributed by atoms with Gasteiger partial charge in [0.25, 0.3) is 0 Å². The number of carboxylic acids is 1. The quantitative estimate of drug-likeness (QED) is 0.812. The highest BCUT2D eigenvalue weighted by Crippen LogP contribution is 2.29. The smallest absolute Gasteiger partial charge is 0.304 e. The number of hydrogen-bond acceptors (Lipinski definition) is 3. The second-order valence-corrected chi connectivity index (χ2v) is 4.09. The van der Waals surface area contributed by atoms with E-state index in [9.17, 15) is 9.59 Å². The molecule has 2 rings (SSSR count). The Morgan fingerprint density at radius 1 is 1.59 bits per heavy atom. The van der Waals surface area contributed by atoms with Gasteiger partial charge in [0.1, 0.15) is 12.4 Å². The molecular weight excluding hydrogens is 222 g/mol. The third kappa shape index (κ3) is 2.55. The predicted molar refractivity (Wildman–Crippen MR) is 61.0 cm³/mol. The predicted octanol–water partition coefficient (Wildman–Crippen LogP) is 1.42. The van der Waals surface area contributed by atoms with Crippen LogP contribution >= 0.6 is 0 Å². The third-order valence-electron chi connectivity index (χ3n) is 2.62. The highest BCUT2D eigenvalue weighted by atomic mass is 16.5. The number of aryl methyl sites for hydroxylation is 1. The molecular formula is C12H13NO4. The van der Waals surface area contributed by atoms with Crippen molar-refractivity contribution in [1.29, 1.82) is 0 Å². The van der Waals surface area contributed by atoms with E-state index >= 15 is 0 Å². The van der Waals surface area contributed by atoms with Crippen molar-refractivity contribution in [3.63, 3.8) is 0 Å². The largest absolute Gasteiger partial charge is 0.491 e. The van der Waals surface area contributed by atoms with E-state index in [0.717, 1.165) is 5.56 Å². The summed E-state index contributed by atoms with van der Waals surface area (Å²) in [5.74, 6) is -1.38. The molecule has 0 unspecified atom stereocenters. The van der Waals surface area contributed by atoms with E-state index in [1.165, 1.54) is 0 Å². The van der Waals surface area contributed by atoms with E-state index in [4.69, 9.17) is 9.84 Å². The Balaban J connectivity index is 2.22. The molecule has 0 aliphatic carbocycles. The maximum Gasteiger partial charge on any atom is 0.304 e. The van der Waals surface area contributed by atoms with Crippen LogP contribution in [-0.4, -0.2) is 23.6 Å². The second kappa shape index (κ2) is 4.45. The Morgan fingerprint density at radius 2 is 2.35 bits per heavy atom. The van der Waals surface area contributed by atoms with E-state index in [2.05, 4.69) is 5.32 Å². The second-order valence-electron chi connectivity index (χ2n) is 4.09. The number of carboxylic acid groups (broad SMARTS) is 1. The molecule has 0 spiro atoms. The number of amides is 1. The first-order chi connectivity index (χ1) is 8.06. The van der Waals surface area contributed by atoms with E-state index < -0.39 is 11.9 Å². The van der Waals surface area contributed by atoms with Crippen LogP contribution in [0, 0.1) is 12.8 Å². The van der Waals surface area contributed by atoms with Gasteiger partial charge in [-0.3, -0.25) is 9.59 Å². The molecule has 1 aromatic rings. The molecule has 0 bridgehead atoms. The average molecular weight is 235 g/mol. The van der Waals surface area contributed by atoms with Gasteiger partial charge in [0.05, 0.1) is 18.0 Å². The van der Waals surface area contributed by atoms with Gasteiger partial charge in [0.2, 0.25) is 5.91 Å². The van der Waals surface area contributed by atoms with Crippen LogP contribution in [0.3, 0.4) is 0 Å². The Labute approximate surface area is 98.4 Å². The summed E-state index contributed by atoms with van der Waals surface area (Å²) in [6, 6.07) is 5.45. The number of anilines is 1. The number of benzene rings is 1. The van der Waals surface area contributed by atoms with Gasteiger partial charge < -0.3 is 15.2 Å². The molecule has 17 heavy (non-hydrogen) atoms. The summed E-state index contributed by atoms with van der Waals surface area (Å²) < 4.78 is 5.44. The van der Waals surface area contributed by atoms with E-state index in [1.54, 1.807) is 12.1 Å². The number of nitrogens with one attached hydrogen (secondary N) is 1. The lowest BCUT2D eigenvalue weighted by molar-refractivity contribution is -0.140. The van der Waals surface area contributed by atoms with Crippen molar-refractivity contribution in [3.8, 4) is 5.75 Å². The number of ether oxygens (including phenoxy) is 1. The number of hydrogen-bond donors (Lipinski definition) is 2. The summed E-state index contributed by atoms with van der Waals surface area (Å²) >= 11 is 0. The lowest BCUT2D eigenvalue weighted by Gasteiger charge is -2.09. The molecule has 0 radical (unpaired) electrons. The zero-order valence-electron chi connectivity index (χ0n) is 9.40. The number of carbonyl (C=O) groups is 2. The van der Waals surface area contributed by atoms with Gasteiger partial charge >= 0.3 is 5.97 Å². The molecule has 0 saturated carbocycles. The van der Waals surface area contributed by atoms with Gasteiger partial charge in [-0.05, 0) is 24.6 Å². The lowest BCUT2D eigenvalue weighted by Crippen LogP contribution is -2.27. The van der Waals surface area contributed by atoms with E-state index in [1.807, 2.05) is 13.0 Å². The minimum Gasteiger partial charge on any atom is -0.491 e. The highest BCUT2D eigenvalue weighted by Gasteiger charge is 2.26. The number of carbonyl (C=O) groups excluding carboxylic acids is 1. The SMILES string of the molecule is Cc1ccc2c(c1)NC(=O)[C@H](CC(=O)O)CO2. The van der Waals surface area contributed by atoms with Crippen LogP contribution in [-0.2, 0) is 9.59 Å². The maximum atomic E-state index is 11.8. The fourth-order valence-electron chi connectivity index (χ4n) is 1.73. The van der Waals surface area contributed by atoms with Crippen molar-refractivity contribution in [3.05, 3.63) is 23.8 Å². The van der Waals surface area contributed by atoms with Gasteiger partial charge in [-0.2, -0.15) is 0 Å². The number of aliphatic carboxylic acids is 1. The normalized spacial score (nSPS) is 18.6. The van der Waals surface area contributed by atoms with Crippen molar-refractivity contribution >= 4 is 17.6 Å². The third-order valence-corrected chi connectivity index (χ3v) is 2.62. The molecule has 1 aliphatic heterocycles. The molecule has 1 aliphatic rings. The molecule has 0 fully saturated rings. The average Bonchev–Trinajstić information content (AvgIpc) is 2.38. The molecule has 1 atom stereocenters. The Bertz CT molecular complexity index is 470. The molecule has 0 saturated heterocycles. The van der Waals surface area contributed by atoms with Crippen LogP contribution in [0.2, 0.25) is 0 Å². The summed E-state index contributed by atoms with van der Waals surface area (Å²) in [6.07, 6.45) is -0.223. The minimum atomic E-state index is -1.00. The number of rotatable bonds is 2. The molecule has 5 heteroatoms. The standard InChI is InChI=1S/C12H13NO4/c1-7-2-3-10-9(4-7)13-12(16)8(6-17-10)5-11(14)15/h2-4,8H,5-6H2,1H3,(H,13,16)(H,14,15)/t8-/m1/s1. The monoisotopic (exact) mass is 235 g/mol. The van der Waals surface area contributed by atoms with Crippen LogP contribution < -0.4 is 10.1 Å². The summed E-state index contributed by atoms with van der Waals surface area (Å²) in [7, 11) is 0. The van der Waals surface area contributed by atoms with Gasteiger partial charge in [-0.1, -0.05) is 6.07 Å². The molecule has 2 N–H and O–H groups in total. The van der Waals surface area contributed by atoms with Crippen molar-refractivity contribution in [2.24, 2.45) is 5.92 Å². The summed E-state index contributed by atoms with van der Waals surface area (Å²) in [6.45, 7) is 2.00.